The largest absolute Gasteiger partial charge is 0.300 e. The van der Waals surface area contributed by atoms with Crippen molar-refractivity contribution in [2.75, 3.05) is 0 Å². The van der Waals surface area contributed by atoms with Gasteiger partial charge in [-0.25, -0.2) is 0 Å². The maximum Gasteiger partial charge on any atom is 0.195 e. The summed E-state index contributed by atoms with van der Waals surface area (Å²) in [5, 5.41) is 15.8. The van der Waals surface area contributed by atoms with Crippen LogP contribution in [-0.2, 0) is 6.54 Å². The van der Waals surface area contributed by atoms with Gasteiger partial charge in [-0.3, -0.25) is 5.10 Å². The van der Waals surface area contributed by atoms with Gasteiger partial charge in [-0.15, -0.1) is 0 Å². The summed E-state index contributed by atoms with van der Waals surface area (Å²) in [6.07, 6.45) is 0.997. The molecule has 2 rings (SSSR count). The second kappa shape index (κ2) is 4.93. The Morgan fingerprint density at radius 1 is 1.41 bits per heavy atom. The summed E-state index contributed by atoms with van der Waals surface area (Å²) in [7, 11) is 0. The Morgan fingerprint density at radius 2 is 2.12 bits per heavy atom. The zero-order valence-corrected chi connectivity index (χ0v) is 10.3. The van der Waals surface area contributed by atoms with Crippen LogP contribution in [0.1, 0.15) is 18.9 Å². The molecule has 0 radical (unpaired) electrons. The SMILES string of the molecule is CCCn1c(-c2ccc(C#N)cc2)n[nH]c1=S. The zero-order valence-electron chi connectivity index (χ0n) is 9.47. The van der Waals surface area contributed by atoms with Crippen LogP contribution in [0.2, 0.25) is 0 Å². The molecule has 0 saturated heterocycles. The zero-order chi connectivity index (χ0) is 12.3. The number of hydrogen-bond donors (Lipinski definition) is 1. The molecule has 0 fully saturated rings. The standard InChI is InChI=1S/C12H12N4S/c1-2-7-16-11(14-15-12(16)17)10-5-3-9(8-13)4-6-10/h3-6H,2,7H2,1H3,(H,15,17). The van der Waals surface area contributed by atoms with E-state index in [4.69, 9.17) is 17.5 Å². The molecule has 1 N–H and O–H groups in total. The molecule has 0 atom stereocenters. The first-order valence-corrected chi connectivity index (χ1v) is 5.83. The minimum atomic E-state index is 0.631. The van der Waals surface area contributed by atoms with Crippen molar-refractivity contribution in [3.63, 3.8) is 0 Å². The van der Waals surface area contributed by atoms with E-state index in [9.17, 15) is 0 Å². The van der Waals surface area contributed by atoms with Crippen molar-refractivity contribution in [2.24, 2.45) is 0 Å². The van der Waals surface area contributed by atoms with Crippen LogP contribution in [-0.4, -0.2) is 14.8 Å². The van der Waals surface area contributed by atoms with Crippen LogP contribution in [0.4, 0.5) is 0 Å². The normalized spacial score (nSPS) is 10.1. The van der Waals surface area contributed by atoms with E-state index in [1.165, 1.54) is 0 Å². The maximum atomic E-state index is 8.75. The highest BCUT2D eigenvalue weighted by molar-refractivity contribution is 7.71. The van der Waals surface area contributed by atoms with Gasteiger partial charge in [0.05, 0.1) is 11.6 Å². The highest BCUT2D eigenvalue weighted by Crippen LogP contribution is 2.18. The fourth-order valence-corrected chi connectivity index (χ4v) is 1.89. The third-order valence-electron chi connectivity index (χ3n) is 2.48. The quantitative estimate of drug-likeness (QED) is 0.844. The lowest BCUT2D eigenvalue weighted by atomic mass is 10.1. The van der Waals surface area contributed by atoms with Crippen LogP contribution in [0.5, 0.6) is 0 Å². The van der Waals surface area contributed by atoms with Gasteiger partial charge >= 0.3 is 0 Å². The minimum Gasteiger partial charge on any atom is -0.300 e. The second-order valence-electron chi connectivity index (χ2n) is 3.69. The molecule has 1 heterocycles. The number of benzene rings is 1. The van der Waals surface area contributed by atoms with Gasteiger partial charge in [-0.1, -0.05) is 6.92 Å². The summed E-state index contributed by atoms with van der Waals surface area (Å²) in [5.74, 6) is 0.821. The molecule has 0 aliphatic carbocycles. The molecule has 5 heteroatoms. The van der Waals surface area contributed by atoms with Gasteiger partial charge in [-0.05, 0) is 42.9 Å². The number of rotatable bonds is 3. The Labute approximate surface area is 105 Å². The topological polar surface area (TPSA) is 57.4 Å². The highest BCUT2D eigenvalue weighted by atomic mass is 32.1. The number of nitrogens with one attached hydrogen (secondary N) is 1. The molecule has 1 aromatic heterocycles. The third-order valence-corrected chi connectivity index (χ3v) is 2.79. The Morgan fingerprint density at radius 3 is 2.71 bits per heavy atom. The molecule has 0 aliphatic heterocycles. The molecule has 0 amide bonds. The lowest BCUT2D eigenvalue weighted by molar-refractivity contribution is 0.675. The van der Waals surface area contributed by atoms with Crippen molar-refractivity contribution in [2.45, 2.75) is 19.9 Å². The number of nitriles is 1. The predicted molar refractivity (Wildman–Crippen MR) is 67.9 cm³/mol. The molecule has 1 aromatic carbocycles. The van der Waals surface area contributed by atoms with Crippen LogP contribution < -0.4 is 0 Å². The van der Waals surface area contributed by atoms with Crippen molar-refractivity contribution in [1.29, 1.82) is 5.26 Å². The predicted octanol–water partition coefficient (Wildman–Crippen LogP) is 2.89. The molecule has 0 spiro atoms. The van der Waals surface area contributed by atoms with E-state index in [1.54, 1.807) is 12.1 Å². The first-order valence-electron chi connectivity index (χ1n) is 5.42. The van der Waals surface area contributed by atoms with Gasteiger partial charge in [0.15, 0.2) is 10.6 Å². The van der Waals surface area contributed by atoms with Crippen molar-refractivity contribution in [3.05, 3.63) is 34.6 Å². The van der Waals surface area contributed by atoms with Crippen molar-refractivity contribution in [1.82, 2.24) is 14.8 Å². The Bertz CT molecular complexity index is 601. The smallest absolute Gasteiger partial charge is 0.195 e. The fraction of sp³-hybridized carbons (Fsp3) is 0.250. The molecule has 17 heavy (non-hydrogen) atoms. The average molecular weight is 244 g/mol. The first-order chi connectivity index (χ1) is 8.26. The van der Waals surface area contributed by atoms with E-state index in [1.807, 2.05) is 16.7 Å². The summed E-state index contributed by atoms with van der Waals surface area (Å²) in [4.78, 5) is 0. The molecular formula is C12H12N4S. The minimum absolute atomic E-state index is 0.631. The van der Waals surface area contributed by atoms with Gasteiger partial charge in [0.1, 0.15) is 0 Å². The van der Waals surface area contributed by atoms with Crippen molar-refractivity contribution >= 4 is 12.2 Å². The van der Waals surface area contributed by atoms with Crippen molar-refractivity contribution < 1.29 is 0 Å². The van der Waals surface area contributed by atoms with E-state index in [0.717, 1.165) is 24.4 Å². The summed E-state index contributed by atoms with van der Waals surface area (Å²) in [6, 6.07) is 9.43. The molecule has 4 nitrogen and oxygen atoms in total. The van der Waals surface area contributed by atoms with Crippen LogP contribution in [0, 0.1) is 16.1 Å². The van der Waals surface area contributed by atoms with Gasteiger partial charge in [0.2, 0.25) is 0 Å². The molecule has 0 saturated carbocycles. The Kier molecular flexibility index (Phi) is 3.35. The maximum absolute atomic E-state index is 8.75. The summed E-state index contributed by atoms with van der Waals surface area (Å²) in [6.45, 7) is 2.93. The lowest BCUT2D eigenvalue weighted by Crippen LogP contribution is -1.99. The average Bonchev–Trinajstić information content (AvgIpc) is 2.72. The molecular weight excluding hydrogens is 232 g/mol. The third kappa shape index (κ3) is 2.27. The van der Waals surface area contributed by atoms with Gasteiger partial charge in [0, 0.05) is 12.1 Å². The molecule has 0 aliphatic rings. The van der Waals surface area contributed by atoms with Crippen LogP contribution in [0.3, 0.4) is 0 Å². The number of nitrogens with zero attached hydrogens (tertiary/aromatic N) is 3. The van der Waals surface area contributed by atoms with Gasteiger partial charge in [-0.2, -0.15) is 10.4 Å². The lowest BCUT2D eigenvalue weighted by Gasteiger charge is -2.04. The van der Waals surface area contributed by atoms with Crippen LogP contribution in [0.15, 0.2) is 24.3 Å². The second-order valence-corrected chi connectivity index (χ2v) is 4.08. The summed E-state index contributed by atoms with van der Waals surface area (Å²) >= 11 is 5.18. The van der Waals surface area contributed by atoms with Crippen LogP contribution >= 0.6 is 12.2 Å². The number of aromatic amines is 1. The van der Waals surface area contributed by atoms with E-state index in [2.05, 4.69) is 23.2 Å². The highest BCUT2D eigenvalue weighted by Gasteiger charge is 2.07. The number of H-pyrrole nitrogens is 1. The van der Waals surface area contributed by atoms with Crippen molar-refractivity contribution in [3.8, 4) is 17.5 Å². The van der Waals surface area contributed by atoms with E-state index in [0.29, 0.717) is 10.3 Å². The van der Waals surface area contributed by atoms with E-state index >= 15 is 0 Å². The Balaban J connectivity index is 2.46. The molecule has 86 valence electrons. The number of aromatic nitrogens is 3. The summed E-state index contributed by atoms with van der Waals surface area (Å²) in [5.41, 5.74) is 1.61. The molecule has 2 aromatic rings. The van der Waals surface area contributed by atoms with Gasteiger partial charge in [0.25, 0.3) is 0 Å². The molecule has 0 unspecified atom stereocenters. The molecule has 0 bridgehead atoms. The monoisotopic (exact) mass is 244 g/mol. The van der Waals surface area contributed by atoms with Crippen LogP contribution in [0.25, 0.3) is 11.4 Å². The summed E-state index contributed by atoms with van der Waals surface area (Å²) < 4.78 is 2.60. The van der Waals surface area contributed by atoms with E-state index < -0.39 is 0 Å². The fourth-order valence-electron chi connectivity index (χ4n) is 1.66. The van der Waals surface area contributed by atoms with E-state index in [-0.39, 0.29) is 0 Å². The van der Waals surface area contributed by atoms with Gasteiger partial charge < -0.3 is 4.57 Å². The Hall–Kier alpha value is -1.93. The number of hydrogen-bond acceptors (Lipinski definition) is 3. The first kappa shape index (κ1) is 11.6.